The summed E-state index contributed by atoms with van der Waals surface area (Å²) in [6.07, 6.45) is 0.295. The fourth-order valence-electron chi connectivity index (χ4n) is 2.69. The van der Waals surface area contributed by atoms with Crippen molar-refractivity contribution in [2.45, 2.75) is 36.6 Å². The second-order valence-corrected chi connectivity index (χ2v) is 6.70. The van der Waals surface area contributed by atoms with Crippen molar-refractivity contribution in [1.82, 2.24) is 10.6 Å². The molecule has 2 rings (SSSR count). The second-order valence-electron chi connectivity index (χ2n) is 5.43. The van der Waals surface area contributed by atoms with E-state index >= 15 is 0 Å². The molecule has 1 aliphatic carbocycles. The summed E-state index contributed by atoms with van der Waals surface area (Å²) in [5.74, 6) is -0.870. The Morgan fingerprint density at radius 3 is 2.42 bits per heavy atom. The zero-order chi connectivity index (χ0) is 14.1. The molecule has 1 aliphatic heterocycles. The number of halogens is 3. The molecule has 1 heterocycles. The molecule has 0 aromatic carbocycles. The number of nitrogens with one attached hydrogen (secondary N) is 2. The topological polar surface area (TPSA) is 41.1 Å². The molecule has 0 radical (unpaired) electrons. The summed E-state index contributed by atoms with van der Waals surface area (Å²) in [6.45, 7) is 0.264. The van der Waals surface area contributed by atoms with Gasteiger partial charge >= 0.3 is 6.18 Å². The molecule has 0 aromatic heterocycles. The monoisotopic (exact) mass is 296 g/mol. The second kappa shape index (κ2) is 5.16. The number of thioether (sulfide) groups is 1. The van der Waals surface area contributed by atoms with Crippen molar-refractivity contribution in [3.63, 3.8) is 0 Å². The van der Waals surface area contributed by atoms with E-state index in [1.807, 2.05) is 6.26 Å². The number of hydrogen-bond acceptors (Lipinski definition) is 3. The minimum Gasteiger partial charge on any atom is -0.354 e. The standard InChI is InChI=1S/C12H19F3N2OS/c1-19-10(3-2-4-10)7-17-9(18)11(12(13,14)15)5-6-16-8-11/h16H,2-8H2,1H3,(H,17,18). The zero-order valence-electron chi connectivity index (χ0n) is 10.9. The number of amides is 1. The molecule has 1 amide bonds. The third kappa shape index (κ3) is 2.59. The molecule has 2 aliphatic rings. The maximum atomic E-state index is 13.2. The molecule has 0 aromatic rings. The first kappa shape index (κ1) is 15.0. The Balaban J connectivity index is 2.01. The fourth-order valence-corrected chi connectivity index (χ4v) is 3.60. The minimum absolute atomic E-state index is 0.0471. The quantitative estimate of drug-likeness (QED) is 0.833. The lowest BCUT2D eigenvalue weighted by atomic mass is 9.82. The van der Waals surface area contributed by atoms with Gasteiger partial charge in [0.1, 0.15) is 0 Å². The van der Waals surface area contributed by atoms with Crippen molar-refractivity contribution in [3.8, 4) is 0 Å². The molecule has 2 fully saturated rings. The van der Waals surface area contributed by atoms with Crippen molar-refractivity contribution in [2.24, 2.45) is 5.41 Å². The molecule has 19 heavy (non-hydrogen) atoms. The van der Waals surface area contributed by atoms with E-state index in [0.29, 0.717) is 6.54 Å². The van der Waals surface area contributed by atoms with Crippen LogP contribution in [0.3, 0.4) is 0 Å². The van der Waals surface area contributed by atoms with Crippen molar-refractivity contribution in [2.75, 3.05) is 25.9 Å². The molecule has 7 heteroatoms. The van der Waals surface area contributed by atoms with Gasteiger partial charge in [0, 0.05) is 17.8 Å². The van der Waals surface area contributed by atoms with Crippen LogP contribution in [0.5, 0.6) is 0 Å². The molecule has 1 saturated carbocycles. The molecule has 3 nitrogen and oxygen atoms in total. The third-order valence-electron chi connectivity index (χ3n) is 4.40. The van der Waals surface area contributed by atoms with Gasteiger partial charge in [-0.15, -0.1) is 0 Å². The van der Waals surface area contributed by atoms with Crippen molar-refractivity contribution in [3.05, 3.63) is 0 Å². The van der Waals surface area contributed by atoms with Crippen LogP contribution in [0.25, 0.3) is 0 Å². The molecule has 110 valence electrons. The van der Waals surface area contributed by atoms with Crippen LogP contribution in [0.1, 0.15) is 25.7 Å². The Hall–Kier alpha value is -0.430. The van der Waals surface area contributed by atoms with Crippen LogP contribution in [0.4, 0.5) is 13.2 Å². The van der Waals surface area contributed by atoms with Gasteiger partial charge in [-0.3, -0.25) is 4.79 Å². The smallest absolute Gasteiger partial charge is 0.354 e. The van der Waals surface area contributed by atoms with Gasteiger partial charge in [0.25, 0.3) is 0 Å². The predicted octanol–water partition coefficient (Wildman–Crippen LogP) is 1.93. The van der Waals surface area contributed by atoms with Gasteiger partial charge in [-0.2, -0.15) is 24.9 Å². The summed E-state index contributed by atoms with van der Waals surface area (Å²) >= 11 is 1.64. The highest BCUT2D eigenvalue weighted by Gasteiger charge is 2.61. The van der Waals surface area contributed by atoms with Gasteiger partial charge in [0.15, 0.2) is 5.41 Å². The summed E-state index contributed by atoms with van der Waals surface area (Å²) in [7, 11) is 0. The highest BCUT2D eigenvalue weighted by atomic mass is 32.2. The average Bonchev–Trinajstić information content (AvgIpc) is 2.77. The van der Waals surface area contributed by atoms with Gasteiger partial charge in [0.2, 0.25) is 5.91 Å². The SMILES string of the molecule is CSC1(CNC(=O)C2(C(F)(F)F)CCNC2)CCC1. The summed E-state index contributed by atoms with van der Waals surface area (Å²) < 4.78 is 39.4. The lowest BCUT2D eigenvalue weighted by molar-refractivity contribution is -0.216. The predicted molar refractivity (Wildman–Crippen MR) is 69.1 cm³/mol. The molecule has 0 bridgehead atoms. The molecule has 1 atom stereocenters. The Morgan fingerprint density at radius 2 is 2.05 bits per heavy atom. The van der Waals surface area contributed by atoms with Crippen LogP contribution in [-0.2, 0) is 4.79 Å². The molecule has 1 unspecified atom stereocenters. The summed E-state index contributed by atoms with van der Waals surface area (Å²) in [5, 5.41) is 5.20. The van der Waals surface area contributed by atoms with Gasteiger partial charge in [-0.05, 0) is 32.1 Å². The van der Waals surface area contributed by atoms with E-state index in [1.165, 1.54) is 0 Å². The molecule has 2 N–H and O–H groups in total. The van der Waals surface area contributed by atoms with E-state index in [-0.39, 0.29) is 24.3 Å². The molecule has 0 spiro atoms. The van der Waals surface area contributed by atoms with E-state index < -0.39 is 17.5 Å². The first-order valence-electron chi connectivity index (χ1n) is 6.46. The Kier molecular flexibility index (Phi) is 4.07. The number of carbonyl (C=O) groups is 1. The van der Waals surface area contributed by atoms with Gasteiger partial charge < -0.3 is 10.6 Å². The van der Waals surface area contributed by atoms with E-state index in [4.69, 9.17) is 0 Å². The van der Waals surface area contributed by atoms with Crippen molar-refractivity contribution < 1.29 is 18.0 Å². The maximum Gasteiger partial charge on any atom is 0.404 e. The average molecular weight is 296 g/mol. The zero-order valence-corrected chi connectivity index (χ0v) is 11.7. The highest BCUT2D eigenvalue weighted by molar-refractivity contribution is 8.00. The number of alkyl halides is 3. The summed E-state index contributed by atoms with van der Waals surface area (Å²) in [6, 6.07) is 0. The van der Waals surface area contributed by atoms with E-state index in [0.717, 1.165) is 19.3 Å². The molecular weight excluding hydrogens is 277 g/mol. The molecule has 1 saturated heterocycles. The van der Waals surface area contributed by atoms with E-state index in [1.54, 1.807) is 11.8 Å². The van der Waals surface area contributed by atoms with Gasteiger partial charge in [0.05, 0.1) is 0 Å². The third-order valence-corrected chi connectivity index (χ3v) is 5.82. The fraction of sp³-hybridized carbons (Fsp3) is 0.917. The van der Waals surface area contributed by atoms with Crippen LogP contribution in [-0.4, -0.2) is 42.7 Å². The number of hydrogen-bond donors (Lipinski definition) is 2. The van der Waals surface area contributed by atoms with E-state index in [9.17, 15) is 18.0 Å². The highest BCUT2D eigenvalue weighted by Crippen LogP contribution is 2.45. The largest absolute Gasteiger partial charge is 0.404 e. The van der Waals surface area contributed by atoms with Crippen molar-refractivity contribution >= 4 is 17.7 Å². The van der Waals surface area contributed by atoms with Crippen molar-refractivity contribution in [1.29, 1.82) is 0 Å². The number of carbonyl (C=O) groups excluding carboxylic acids is 1. The van der Waals surface area contributed by atoms with E-state index in [2.05, 4.69) is 10.6 Å². The van der Waals surface area contributed by atoms with Crippen LogP contribution < -0.4 is 10.6 Å². The summed E-state index contributed by atoms with van der Waals surface area (Å²) in [4.78, 5) is 12.0. The lowest BCUT2D eigenvalue weighted by Crippen LogP contribution is -2.55. The molecular formula is C12H19F3N2OS. The Labute approximate surface area is 115 Å². The van der Waals surface area contributed by atoms with Gasteiger partial charge in [-0.25, -0.2) is 0 Å². The van der Waals surface area contributed by atoms with Crippen LogP contribution >= 0.6 is 11.8 Å². The first-order chi connectivity index (χ1) is 8.85. The normalized spacial score (nSPS) is 29.9. The maximum absolute atomic E-state index is 13.2. The van der Waals surface area contributed by atoms with Crippen LogP contribution in [0.15, 0.2) is 0 Å². The summed E-state index contributed by atoms with van der Waals surface area (Å²) in [5.41, 5.74) is -2.24. The number of rotatable bonds is 4. The van der Waals surface area contributed by atoms with Crippen LogP contribution in [0.2, 0.25) is 0 Å². The Morgan fingerprint density at radius 1 is 1.37 bits per heavy atom. The van der Waals surface area contributed by atoms with Gasteiger partial charge in [-0.1, -0.05) is 6.42 Å². The lowest BCUT2D eigenvalue weighted by Gasteiger charge is -2.41. The Bertz CT molecular complexity index is 344. The minimum atomic E-state index is -4.49. The first-order valence-corrected chi connectivity index (χ1v) is 7.69. The van der Waals surface area contributed by atoms with Crippen LogP contribution in [0, 0.1) is 5.41 Å².